The zero-order valence-electron chi connectivity index (χ0n) is 7.90. The van der Waals surface area contributed by atoms with Crippen molar-refractivity contribution in [1.82, 2.24) is 5.32 Å². The molecule has 1 saturated carbocycles. The first kappa shape index (κ1) is 9.68. The maximum atomic E-state index is 11.2. The lowest BCUT2D eigenvalue weighted by Gasteiger charge is -2.13. The molecule has 1 aromatic heterocycles. The number of thiophene rings is 1. The van der Waals surface area contributed by atoms with Crippen LogP contribution in [0.3, 0.4) is 0 Å². The quantitative estimate of drug-likeness (QED) is 0.769. The Kier molecular flexibility index (Phi) is 2.84. The zero-order valence-corrected chi connectivity index (χ0v) is 8.72. The fourth-order valence-corrected chi connectivity index (χ4v) is 2.21. The molecule has 0 saturated heterocycles. The third kappa shape index (κ3) is 2.33. The van der Waals surface area contributed by atoms with Gasteiger partial charge in [0.05, 0.1) is 0 Å². The number of primary amides is 1. The second-order valence-electron chi connectivity index (χ2n) is 3.70. The van der Waals surface area contributed by atoms with Gasteiger partial charge in [0.15, 0.2) is 0 Å². The van der Waals surface area contributed by atoms with Crippen molar-refractivity contribution in [3.63, 3.8) is 0 Å². The second kappa shape index (κ2) is 4.11. The summed E-state index contributed by atoms with van der Waals surface area (Å²) in [5.74, 6) is 0.477. The lowest BCUT2D eigenvalue weighted by Crippen LogP contribution is -2.34. The van der Waals surface area contributed by atoms with Crippen LogP contribution in [-0.4, -0.2) is 12.5 Å². The first-order valence-electron chi connectivity index (χ1n) is 4.83. The van der Waals surface area contributed by atoms with Gasteiger partial charge in [-0.15, -0.1) is 11.3 Å². The van der Waals surface area contributed by atoms with Crippen LogP contribution >= 0.6 is 11.3 Å². The van der Waals surface area contributed by atoms with E-state index in [1.54, 1.807) is 11.3 Å². The summed E-state index contributed by atoms with van der Waals surface area (Å²) in [6.07, 6.45) is 2.56. The smallest absolute Gasteiger partial charge is 0.239 e. The Hall–Kier alpha value is -0.870. The molecule has 0 spiro atoms. The molecule has 14 heavy (non-hydrogen) atoms. The fraction of sp³-hybridized carbons (Fsp3) is 0.500. The average Bonchev–Trinajstić information content (AvgIpc) is 2.80. The van der Waals surface area contributed by atoms with E-state index < -0.39 is 0 Å². The minimum absolute atomic E-state index is 0.284. The van der Waals surface area contributed by atoms with Gasteiger partial charge in [0.25, 0.3) is 0 Å². The van der Waals surface area contributed by atoms with E-state index in [4.69, 9.17) is 5.73 Å². The highest BCUT2D eigenvalue weighted by Crippen LogP contribution is 2.29. The fourth-order valence-electron chi connectivity index (χ4n) is 1.40. The lowest BCUT2D eigenvalue weighted by atomic mass is 10.2. The molecule has 1 unspecified atom stereocenters. The summed E-state index contributed by atoms with van der Waals surface area (Å²) in [7, 11) is 0. The number of nitrogens with two attached hydrogens (primary N) is 1. The standard InChI is InChI=1S/C10H14N2OS/c11-10(13)9(8-2-1-5-14-8)12-6-7-3-4-7/h1-2,5,7,9,12H,3-4,6H2,(H2,11,13). The minimum atomic E-state index is -0.296. The molecule has 1 fully saturated rings. The van der Waals surface area contributed by atoms with E-state index in [-0.39, 0.29) is 11.9 Å². The van der Waals surface area contributed by atoms with Crippen molar-refractivity contribution in [3.8, 4) is 0 Å². The molecule has 4 heteroatoms. The van der Waals surface area contributed by atoms with Gasteiger partial charge in [-0.2, -0.15) is 0 Å². The van der Waals surface area contributed by atoms with Crippen LogP contribution < -0.4 is 11.1 Å². The van der Waals surface area contributed by atoms with Crippen LogP contribution in [0.1, 0.15) is 23.8 Å². The van der Waals surface area contributed by atoms with E-state index in [1.807, 2.05) is 17.5 Å². The van der Waals surface area contributed by atoms with Crippen LogP contribution in [0, 0.1) is 5.92 Å². The molecule has 3 nitrogen and oxygen atoms in total. The Morgan fingerprint density at radius 2 is 2.50 bits per heavy atom. The molecule has 0 aliphatic heterocycles. The van der Waals surface area contributed by atoms with Gasteiger partial charge in [-0.1, -0.05) is 6.07 Å². The lowest BCUT2D eigenvalue weighted by molar-refractivity contribution is -0.120. The van der Waals surface area contributed by atoms with Gasteiger partial charge >= 0.3 is 0 Å². The van der Waals surface area contributed by atoms with Crippen molar-refractivity contribution in [1.29, 1.82) is 0 Å². The minimum Gasteiger partial charge on any atom is -0.368 e. The maximum absolute atomic E-state index is 11.2. The second-order valence-corrected chi connectivity index (χ2v) is 4.68. The molecule has 1 amide bonds. The van der Waals surface area contributed by atoms with Crippen LogP contribution in [0.15, 0.2) is 17.5 Å². The number of carbonyl (C=O) groups excluding carboxylic acids is 1. The SMILES string of the molecule is NC(=O)C(NCC1CC1)c1cccs1. The molecule has 1 heterocycles. The number of rotatable bonds is 5. The first-order chi connectivity index (χ1) is 6.77. The predicted molar refractivity (Wildman–Crippen MR) is 57.0 cm³/mol. The molecule has 1 aliphatic rings. The third-order valence-electron chi connectivity index (χ3n) is 2.42. The molecule has 0 aromatic carbocycles. The molecule has 3 N–H and O–H groups in total. The first-order valence-corrected chi connectivity index (χ1v) is 5.71. The van der Waals surface area contributed by atoms with E-state index in [9.17, 15) is 4.79 Å². The summed E-state index contributed by atoms with van der Waals surface area (Å²) in [6, 6.07) is 3.59. The van der Waals surface area contributed by atoms with Crippen molar-refractivity contribution in [2.24, 2.45) is 11.7 Å². The monoisotopic (exact) mass is 210 g/mol. The van der Waals surface area contributed by atoms with Crippen molar-refractivity contribution in [2.45, 2.75) is 18.9 Å². The van der Waals surface area contributed by atoms with Gasteiger partial charge in [-0.05, 0) is 36.8 Å². The molecule has 76 valence electrons. The summed E-state index contributed by atoms with van der Waals surface area (Å²) >= 11 is 1.57. The summed E-state index contributed by atoms with van der Waals surface area (Å²) in [4.78, 5) is 12.2. The molecular weight excluding hydrogens is 196 g/mol. The van der Waals surface area contributed by atoms with Crippen LogP contribution in [-0.2, 0) is 4.79 Å². The normalized spacial score (nSPS) is 18.0. The highest BCUT2D eigenvalue weighted by Gasteiger charge is 2.25. The van der Waals surface area contributed by atoms with E-state index in [2.05, 4.69) is 5.32 Å². The maximum Gasteiger partial charge on any atom is 0.239 e. The summed E-state index contributed by atoms with van der Waals surface area (Å²) in [5.41, 5.74) is 5.34. The highest BCUT2D eigenvalue weighted by atomic mass is 32.1. The number of hydrogen-bond acceptors (Lipinski definition) is 3. The summed E-state index contributed by atoms with van der Waals surface area (Å²) < 4.78 is 0. The summed E-state index contributed by atoms with van der Waals surface area (Å²) in [6.45, 7) is 0.908. The molecule has 0 radical (unpaired) electrons. The Labute approximate surface area is 87.3 Å². The van der Waals surface area contributed by atoms with Gasteiger partial charge in [0.1, 0.15) is 6.04 Å². The molecular formula is C10H14N2OS. The number of nitrogens with one attached hydrogen (secondary N) is 1. The van der Waals surface area contributed by atoms with E-state index in [1.165, 1.54) is 12.8 Å². The van der Waals surface area contributed by atoms with E-state index in [0.717, 1.165) is 17.3 Å². The van der Waals surface area contributed by atoms with Crippen molar-refractivity contribution < 1.29 is 4.79 Å². The Balaban J connectivity index is 1.96. The molecule has 0 bridgehead atoms. The van der Waals surface area contributed by atoms with Gasteiger partial charge < -0.3 is 11.1 Å². The number of amides is 1. The van der Waals surface area contributed by atoms with Gasteiger partial charge in [0, 0.05) is 4.88 Å². The van der Waals surface area contributed by atoms with Crippen molar-refractivity contribution in [2.75, 3.05) is 6.54 Å². The van der Waals surface area contributed by atoms with Crippen LogP contribution in [0.4, 0.5) is 0 Å². The Morgan fingerprint density at radius 3 is 3.00 bits per heavy atom. The highest BCUT2D eigenvalue weighted by molar-refractivity contribution is 7.10. The summed E-state index contributed by atoms with van der Waals surface area (Å²) in [5, 5.41) is 5.18. The topological polar surface area (TPSA) is 55.1 Å². The van der Waals surface area contributed by atoms with Gasteiger partial charge in [-0.3, -0.25) is 4.79 Å². The molecule has 1 aliphatic carbocycles. The van der Waals surface area contributed by atoms with Crippen LogP contribution in [0.2, 0.25) is 0 Å². The molecule has 1 aromatic rings. The van der Waals surface area contributed by atoms with Gasteiger partial charge in [-0.25, -0.2) is 0 Å². The van der Waals surface area contributed by atoms with Crippen LogP contribution in [0.25, 0.3) is 0 Å². The number of hydrogen-bond donors (Lipinski definition) is 2. The van der Waals surface area contributed by atoms with E-state index >= 15 is 0 Å². The van der Waals surface area contributed by atoms with E-state index in [0.29, 0.717) is 0 Å². The molecule has 1 atom stereocenters. The predicted octanol–water partition coefficient (Wildman–Crippen LogP) is 1.27. The van der Waals surface area contributed by atoms with Gasteiger partial charge in [0.2, 0.25) is 5.91 Å². The van der Waals surface area contributed by atoms with Crippen molar-refractivity contribution >= 4 is 17.2 Å². The zero-order chi connectivity index (χ0) is 9.97. The van der Waals surface area contributed by atoms with Crippen molar-refractivity contribution in [3.05, 3.63) is 22.4 Å². The van der Waals surface area contributed by atoms with Crippen LogP contribution in [0.5, 0.6) is 0 Å². The largest absolute Gasteiger partial charge is 0.368 e. The third-order valence-corrected chi connectivity index (χ3v) is 3.36. The number of carbonyl (C=O) groups is 1. The Morgan fingerprint density at radius 1 is 1.71 bits per heavy atom. The Bertz CT molecular complexity index is 306. The molecule has 2 rings (SSSR count). The average molecular weight is 210 g/mol.